The van der Waals surface area contributed by atoms with E-state index in [0.717, 1.165) is 17.0 Å². The number of sulfone groups is 1. The maximum atomic E-state index is 11.9. The minimum Gasteiger partial charge on any atom is -0.486 e. The number of thiocarbonyl (C=S) groups is 1. The lowest BCUT2D eigenvalue weighted by molar-refractivity contribution is 0.171. The quantitative estimate of drug-likeness (QED) is 0.747. The maximum Gasteiger partial charge on any atom is 0.192 e. The van der Waals surface area contributed by atoms with E-state index >= 15 is 0 Å². The average molecular weight is 410 g/mol. The lowest BCUT2D eigenvalue weighted by atomic mass is 10.1. The first-order valence-electron chi connectivity index (χ1n) is 8.16. The molecule has 5 rings (SSSR count). The van der Waals surface area contributed by atoms with Crippen LogP contribution in [0.15, 0.2) is 23.6 Å². The SMILES string of the molecule is O=S1(=O)C[C@@H]2[C@@H](C1)NC(=S)N2c1nc(-c2ccc3c(c2)OCCO3)cs1. The first-order valence-corrected chi connectivity index (χ1v) is 11.3. The summed E-state index contributed by atoms with van der Waals surface area (Å²) in [6.07, 6.45) is 0. The fourth-order valence-corrected chi connectivity index (χ4v) is 6.76. The molecule has 4 heterocycles. The third-order valence-electron chi connectivity index (χ3n) is 4.72. The Morgan fingerprint density at radius 2 is 2.04 bits per heavy atom. The second-order valence-electron chi connectivity index (χ2n) is 6.44. The smallest absolute Gasteiger partial charge is 0.192 e. The van der Waals surface area contributed by atoms with E-state index in [9.17, 15) is 8.42 Å². The van der Waals surface area contributed by atoms with Gasteiger partial charge in [-0.25, -0.2) is 13.4 Å². The number of ether oxygens (including phenoxy) is 2. The van der Waals surface area contributed by atoms with E-state index in [4.69, 9.17) is 26.7 Å². The Kier molecular flexibility index (Phi) is 3.63. The Labute approximate surface area is 159 Å². The summed E-state index contributed by atoms with van der Waals surface area (Å²) in [4.78, 5) is 6.54. The number of thiazole rings is 1. The van der Waals surface area contributed by atoms with Gasteiger partial charge in [0.15, 0.2) is 31.6 Å². The molecule has 1 aromatic carbocycles. The van der Waals surface area contributed by atoms with Crippen molar-refractivity contribution in [2.45, 2.75) is 12.1 Å². The molecule has 3 aliphatic rings. The monoisotopic (exact) mass is 409 g/mol. The maximum absolute atomic E-state index is 11.9. The number of nitrogens with one attached hydrogen (secondary N) is 1. The third-order valence-corrected chi connectivity index (χ3v) is 7.59. The second kappa shape index (κ2) is 5.80. The van der Waals surface area contributed by atoms with E-state index in [-0.39, 0.29) is 23.6 Å². The van der Waals surface area contributed by atoms with E-state index in [1.54, 1.807) is 0 Å². The lowest BCUT2D eigenvalue weighted by Gasteiger charge is -2.20. The van der Waals surface area contributed by atoms with Gasteiger partial charge in [-0.2, -0.15) is 0 Å². The summed E-state index contributed by atoms with van der Waals surface area (Å²) in [6, 6.07) is 5.39. The van der Waals surface area contributed by atoms with E-state index < -0.39 is 9.84 Å². The van der Waals surface area contributed by atoms with E-state index in [2.05, 4.69) is 5.32 Å². The van der Waals surface area contributed by atoms with Crippen LogP contribution in [0.2, 0.25) is 0 Å². The zero-order valence-electron chi connectivity index (χ0n) is 13.5. The number of anilines is 1. The van der Waals surface area contributed by atoms with Gasteiger partial charge in [-0.1, -0.05) is 0 Å². The summed E-state index contributed by atoms with van der Waals surface area (Å²) in [5.41, 5.74) is 1.72. The summed E-state index contributed by atoms with van der Waals surface area (Å²) >= 11 is 6.86. The summed E-state index contributed by atoms with van der Waals surface area (Å²) in [5, 5.41) is 6.31. The topological polar surface area (TPSA) is 80.8 Å². The molecular weight excluding hydrogens is 394 g/mol. The Hall–Kier alpha value is -1.91. The minimum absolute atomic E-state index is 0.101. The predicted octanol–water partition coefficient (Wildman–Crippen LogP) is 1.44. The van der Waals surface area contributed by atoms with Gasteiger partial charge in [-0.3, -0.25) is 4.90 Å². The van der Waals surface area contributed by atoms with Gasteiger partial charge in [0.05, 0.1) is 29.3 Å². The van der Waals surface area contributed by atoms with Crippen molar-refractivity contribution < 1.29 is 17.9 Å². The molecule has 2 saturated heterocycles. The molecule has 0 spiro atoms. The van der Waals surface area contributed by atoms with Gasteiger partial charge in [0.25, 0.3) is 0 Å². The van der Waals surface area contributed by atoms with E-state index in [1.807, 2.05) is 28.5 Å². The minimum atomic E-state index is -3.04. The molecule has 0 unspecified atom stereocenters. The fourth-order valence-electron chi connectivity index (χ4n) is 3.54. The normalized spacial score (nSPS) is 25.8. The van der Waals surface area contributed by atoms with Crippen molar-refractivity contribution in [2.75, 3.05) is 29.6 Å². The van der Waals surface area contributed by atoms with Crippen LogP contribution in [0.25, 0.3) is 11.3 Å². The predicted molar refractivity (Wildman–Crippen MR) is 103 cm³/mol. The van der Waals surface area contributed by atoms with Crippen molar-refractivity contribution in [1.29, 1.82) is 0 Å². The molecule has 26 heavy (non-hydrogen) atoms. The highest BCUT2D eigenvalue weighted by atomic mass is 32.2. The van der Waals surface area contributed by atoms with Crippen molar-refractivity contribution in [1.82, 2.24) is 10.3 Å². The highest BCUT2D eigenvalue weighted by Crippen LogP contribution is 2.37. The van der Waals surface area contributed by atoms with Gasteiger partial charge in [0.1, 0.15) is 13.2 Å². The zero-order chi connectivity index (χ0) is 17.9. The zero-order valence-corrected chi connectivity index (χ0v) is 16.0. The van der Waals surface area contributed by atoms with Crippen molar-refractivity contribution >= 4 is 43.6 Å². The number of hydrogen-bond donors (Lipinski definition) is 1. The second-order valence-corrected chi connectivity index (χ2v) is 9.82. The number of hydrogen-bond acceptors (Lipinski definition) is 7. The first-order chi connectivity index (χ1) is 12.5. The van der Waals surface area contributed by atoms with Gasteiger partial charge in [0.2, 0.25) is 0 Å². The van der Waals surface area contributed by atoms with Crippen LogP contribution in [0.5, 0.6) is 11.5 Å². The molecule has 7 nitrogen and oxygen atoms in total. The van der Waals surface area contributed by atoms with Crippen molar-refractivity contribution in [3.8, 4) is 22.8 Å². The summed E-state index contributed by atoms with van der Waals surface area (Å²) in [6.45, 7) is 1.09. The standard InChI is InChI=1S/C16H15N3O4S3/c20-26(21)7-11-12(8-26)19(15(24)17-11)16-18-10(6-25-16)9-1-2-13-14(5-9)23-4-3-22-13/h1-2,5-6,11-12H,3-4,7-8H2,(H,17,24)/t11-,12-/m1/s1. The van der Waals surface area contributed by atoms with E-state index in [0.29, 0.717) is 29.2 Å². The Bertz CT molecular complexity index is 1000. The fraction of sp³-hybridized carbons (Fsp3) is 0.375. The molecule has 0 radical (unpaired) electrons. The number of rotatable bonds is 2. The lowest BCUT2D eigenvalue weighted by Crippen LogP contribution is -2.36. The molecule has 0 saturated carbocycles. The van der Waals surface area contributed by atoms with Crippen molar-refractivity contribution in [2.24, 2.45) is 0 Å². The Morgan fingerprint density at radius 1 is 1.23 bits per heavy atom. The molecule has 0 amide bonds. The van der Waals surface area contributed by atoms with Crippen LogP contribution in [0.1, 0.15) is 0 Å². The van der Waals surface area contributed by atoms with Gasteiger partial charge in [-0.05, 0) is 30.4 Å². The Morgan fingerprint density at radius 3 is 2.88 bits per heavy atom. The van der Waals surface area contributed by atoms with Gasteiger partial charge in [-0.15, -0.1) is 11.3 Å². The van der Waals surface area contributed by atoms with Crippen LogP contribution in [0, 0.1) is 0 Å². The highest BCUT2D eigenvalue weighted by Gasteiger charge is 2.48. The molecule has 0 bridgehead atoms. The molecule has 1 aromatic heterocycles. The Balaban J connectivity index is 1.46. The van der Waals surface area contributed by atoms with Crippen LogP contribution >= 0.6 is 23.6 Å². The molecule has 2 aromatic rings. The molecule has 136 valence electrons. The van der Waals surface area contributed by atoms with Gasteiger partial charge in [0, 0.05) is 10.9 Å². The molecule has 2 fully saturated rings. The van der Waals surface area contributed by atoms with Crippen LogP contribution in [0.4, 0.5) is 5.13 Å². The number of nitrogens with zero attached hydrogens (tertiary/aromatic N) is 2. The van der Waals surface area contributed by atoms with Crippen LogP contribution in [-0.4, -0.2) is 55.3 Å². The third kappa shape index (κ3) is 2.63. The molecule has 1 N–H and O–H groups in total. The summed E-state index contributed by atoms with van der Waals surface area (Å²) in [7, 11) is -3.04. The van der Waals surface area contributed by atoms with Crippen molar-refractivity contribution in [3.05, 3.63) is 23.6 Å². The van der Waals surface area contributed by atoms with Crippen LogP contribution < -0.4 is 19.7 Å². The molecule has 10 heteroatoms. The summed E-state index contributed by atoms with van der Waals surface area (Å²) in [5.74, 6) is 1.67. The largest absolute Gasteiger partial charge is 0.486 e. The average Bonchev–Trinajstić information content (AvgIpc) is 3.26. The van der Waals surface area contributed by atoms with Gasteiger partial charge >= 0.3 is 0 Å². The number of fused-ring (bicyclic) bond motifs is 2. The molecule has 3 aliphatic heterocycles. The number of aromatic nitrogens is 1. The van der Waals surface area contributed by atoms with Crippen LogP contribution in [0.3, 0.4) is 0 Å². The van der Waals surface area contributed by atoms with Crippen molar-refractivity contribution in [3.63, 3.8) is 0 Å². The molecule has 2 atom stereocenters. The first kappa shape index (κ1) is 16.3. The van der Waals surface area contributed by atoms with Crippen LogP contribution in [-0.2, 0) is 9.84 Å². The molecule has 0 aliphatic carbocycles. The molecular formula is C16H15N3O4S3. The highest BCUT2D eigenvalue weighted by molar-refractivity contribution is 7.91. The van der Waals surface area contributed by atoms with Gasteiger partial charge < -0.3 is 14.8 Å². The van der Waals surface area contributed by atoms with E-state index in [1.165, 1.54) is 11.3 Å². The summed E-state index contributed by atoms with van der Waals surface area (Å²) < 4.78 is 35.1. The number of benzene rings is 1.